The molecule has 0 spiro atoms. The van der Waals surface area contributed by atoms with E-state index in [1.807, 2.05) is 24.3 Å². The van der Waals surface area contributed by atoms with Crippen molar-refractivity contribution in [2.75, 3.05) is 31.5 Å². The van der Waals surface area contributed by atoms with Gasteiger partial charge in [-0.05, 0) is 67.8 Å². The largest absolute Gasteiger partial charge is 0.384 e. The molecule has 0 radical (unpaired) electrons. The molecular weight excluding hydrogens is 540 g/mol. The quantitative estimate of drug-likeness (QED) is 0.388. The van der Waals surface area contributed by atoms with Gasteiger partial charge in [0.05, 0.1) is 16.3 Å². The van der Waals surface area contributed by atoms with Crippen LogP contribution in [0.15, 0.2) is 64.1 Å². The lowest BCUT2D eigenvalue weighted by Crippen LogP contribution is -2.45. The highest BCUT2D eigenvalue weighted by Crippen LogP contribution is 2.26. The molecule has 0 saturated carbocycles. The molecule has 1 saturated heterocycles. The van der Waals surface area contributed by atoms with Gasteiger partial charge in [0.15, 0.2) is 0 Å². The van der Waals surface area contributed by atoms with Gasteiger partial charge >= 0.3 is 0 Å². The number of hydrogen-bond acceptors (Lipinski definition) is 5. The van der Waals surface area contributed by atoms with Gasteiger partial charge in [-0.1, -0.05) is 27.5 Å². The van der Waals surface area contributed by atoms with Crippen LogP contribution in [0, 0.1) is 5.92 Å². The molecule has 0 bridgehead atoms. The number of rotatable bonds is 8. The maximum Gasteiger partial charge on any atom is 0.243 e. The summed E-state index contributed by atoms with van der Waals surface area (Å²) in [4.78, 5) is 17.3. The van der Waals surface area contributed by atoms with E-state index in [2.05, 4.69) is 31.5 Å². The molecule has 1 aromatic heterocycles. The highest BCUT2D eigenvalue weighted by atomic mass is 79.9. The van der Waals surface area contributed by atoms with Crippen molar-refractivity contribution in [2.45, 2.75) is 24.2 Å². The Morgan fingerprint density at radius 3 is 2.74 bits per heavy atom. The van der Waals surface area contributed by atoms with Crippen LogP contribution in [0.5, 0.6) is 0 Å². The van der Waals surface area contributed by atoms with E-state index in [1.165, 1.54) is 4.31 Å². The van der Waals surface area contributed by atoms with Crippen LogP contribution in [-0.4, -0.2) is 49.8 Å². The summed E-state index contributed by atoms with van der Waals surface area (Å²) >= 11 is 9.37. The summed E-state index contributed by atoms with van der Waals surface area (Å²) in [6.07, 6.45) is 3.81. The number of piperidine rings is 1. The number of fused-ring (bicyclic) bond motifs is 1. The average molecular weight is 566 g/mol. The van der Waals surface area contributed by atoms with E-state index in [-0.39, 0.29) is 23.3 Å². The third-order valence-corrected chi connectivity index (χ3v) is 8.52. The second-order valence-corrected chi connectivity index (χ2v) is 11.5. The van der Waals surface area contributed by atoms with Crippen molar-refractivity contribution >= 4 is 60.1 Å². The summed E-state index contributed by atoms with van der Waals surface area (Å²) < 4.78 is 28.2. The molecule has 4 rings (SSSR count). The average Bonchev–Trinajstić information content (AvgIpc) is 2.84. The monoisotopic (exact) mass is 564 g/mol. The van der Waals surface area contributed by atoms with E-state index in [0.717, 1.165) is 27.5 Å². The number of sulfonamides is 1. The summed E-state index contributed by atoms with van der Waals surface area (Å²) in [6, 6.07) is 14.1. The number of halogens is 2. The Labute approximate surface area is 213 Å². The second-order valence-electron chi connectivity index (χ2n) is 8.25. The van der Waals surface area contributed by atoms with Gasteiger partial charge in [0.1, 0.15) is 0 Å². The predicted molar refractivity (Wildman–Crippen MR) is 138 cm³/mol. The van der Waals surface area contributed by atoms with Gasteiger partial charge in [-0.2, -0.15) is 4.31 Å². The summed E-state index contributed by atoms with van der Waals surface area (Å²) in [7, 11) is -3.62. The summed E-state index contributed by atoms with van der Waals surface area (Å²) in [5, 5.41) is 7.99. The standard InChI is InChI=1S/C24H26BrClN4O3S/c25-18-4-7-20(8-5-18)34(32,33)30-14-1-3-17(16-30)24(31)29-12-2-11-27-22-10-13-28-23-15-19(26)6-9-21(22)23/h4-10,13,15,17H,1-3,11-12,14,16H2,(H,27,28)(H,29,31)/t17-/m1/s1. The summed E-state index contributed by atoms with van der Waals surface area (Å²) in [6.45, 7) is 1.82. The molecule has 2 aromatic carbocycles. The Kier molecular flexibility index (Phi) is 8.08. The first-order chi connectivity index (χ1) is 16.3. The van der Waals surface area contributed by atoms with Crippen LogP contribution in [0.4, 0.5) is 5.69 Å². The number of benzene rings is 2. The number of carbonyl (C=O) groups is 1. The van der Waals surface area contributed by atoms with Crippen molar-refractivity contribution < 1.29 is 13.2 Å². The lowest BCUT2D eigenvalue weighted by Gasteiger charge is -2.31. The number of hydrogen-bond donors (Lipinski definition) is 2. The van der Waals surface area contributed by atoms with Crippen LogP contribution in [-0.2, 0) is 14.8 Å². The topological polar surface area (TPSA) is 91.4 Å². The molecule has 1 amide bonds. The van der Waals surface area contributed by atoms with Gasteiger partial charge < -0.3 is 10.6 Å². The normalized spacial score (nSPS) is 16.9. The Morgan fingerprint density at radius 2 is 1.94 bits per heavy atom. The fourth-order valence-electron chi connectivity index (χ4n) is 4.07. The summed E-state index contributed by atoms with van der Waals surface area (Å²) in [5.74, 6) is -0.444. The van der Waals surface area contributed by atoms with E-state index >= 15 is 0 Å². The van der Waals surface area contributed by atoms with E-state index < -0.39 is 10.0 Å². The van der Waals surface area contributed by atoms with Crippen LogP contribution in [0.25, 0.3) is 10.9 Å². The molecule has 1 atom stereocenters. The highest BCUT2D eigenvalue weighted by molar-refractivity contribution is 9.10. The maximum absolute atomic E-state index is 13.0. The molecule has 180 valence electrons. The lowest BCUT2D eigenvalue weighted by molar-refractivity contribution is -0.126. The van der Waals surface area contributed by atoms with Crippen LogP contribution in [0.3, 0.4) is 0 Å². The maximum atomic E-state index is 13.0. The molecule has 0 aliphatic carbocycles. The minimum absolute atomic E-state index is 0.0975. The molecule has 34 heavy (non-hydrogen) atoms. The van der Waals surface area contributed by atoms with Crippen LogP contribution in [0.1, 0.15) is 19.3 Å². The number of anilines is 1. The van der Waals surface area contributed by atoms with Crippen LogP contribution in [0.2, 0.25) is 5.02 Å². The number of pyridine rings is 1. The van der Waals surface area contributed by atoms with Crippen molar-refractivity contribution in [2.24, 2.45) is 5.92 Å². The van der Waals surface area contributed by atoms with Crippen LogP contribution < -0.4 is 10.6 Å². The molecular formula is C24H26BrClN4O3S. The molecule has 10 heteroatoms. The third-order valence-electron chi connectivity index (χ3n) is 5.88. The minimum atomic E-state index is -3.62. The van der Waals surface area contributed by atoms with Crippen molar-refractivity contribution in [3.8, 4) is 0 Å². The summed E-state index contributed by atoms with van der Waals surface area (Å²) in [5.41, 5.74) is 1.79. The Balaban J connectivity index is 1.26. The van der Waals surface area contributed by atoms with Crippen molar-refractivity contribution in [3.63, 3.8) is 0 Å². The molecule has 7 nitrogen and oxygen atoms in total. The number of nitrogens with zero attached hydrogens (tertiary/aromatic N) is 2. The molecule has 1 aliphatic rings. The Morgan fingerprint density at radius 1 is 1.15 bits per heavy atom. The first-order valence-electron chi connectivity index (χ1n) is 11.2. The van der Waals surface area contributed by atoms with E-state index in [9.17, 15) is 13.2 Å². The zero-order chi connectivity index (χ0) is 24.1. The zero-order valence-electron chi connectivity index (χ0n) is 18.5. The molecule has 1 fully saturated rings. The van der Waals surface area contributed by atoms with Crippen molar-refractivity contribution in [1.29, 1.82) is 0 Å². The number of amides is 1. The fourth-order valence-corrected chi connectivity index (χ4v) is 6.03. The first kappa shape index (κ1) is 24.9. The third kappa shape index (κ3) is 5.89. The molecule has 2 N–H and O–H groups in total. The van der Waals surface area contributed by atoms with Crippen molar-refractivity contribution in [3.05, 3.63) is 64.2 Å². The first-order valence-corrected chi connectivity index (χ1v) is 13.8. The van der Waals surface area contributed by atoms with E-state index in [4.69, 9.17) is 11.6 Å². The second kappa shape index (κ2) is 11.0. The van der Waals surface area contributed by atoms with Gasteiger partial charge in [0, 0.05) is 52.9 Å². The van der Waals surface area contributed by atoms with E-state index in [0.29, 0.717) is 37.5 Å². The zero-order valence-corrected chi connectivity index (χ0v) is 21.7. The Bertz CT molecular complexity index is 1270. The SMILES string of the molecule is O=C(NCCCNc1ccnc2cc(Cl)ccc12)[C@@H]1CCCN(S(=O)(=O)c2ccc(Br)cc2)C1. The predicted octanol–water partition coefficient (Wildman–Crippen LogP) is 4.67. The Hall–Kier alpha value is -2.20. The number of aromatic nitrogens is 1. The van der Waals surface area contributed by atoms with E-state index in [1.54, 1.807) is 30.5 Å². The van der Waals surface area contributed by atoms with Gasteiger partial charge in [0.25, 0.3) is 0 Å². The smallest absolute Gasteiger partial charge is 0.243 e. The molecule has 0 unspecified atom stereocenters. The molecule has 1 aliphatic heterocycles. The number of carbonyl (C=O) groups excluding carboxylic acids is 1. The van der Waals surface area contributed by atoms with Gasteiger partial charge in [-0.15, -0.1) is 0 Å². The highest BCUT2D eigenvalue weighted by Gasteiger charge is 2.33. The minimum Gasteiger partial charge on any atom is -0.384 e. The fraction of sp³-hybridized carbons (Fsp3) is 0.333. The molecule has 3 aromatic rings. The van der Waals surface area contributed by atoms with Gasteiger partial charge in [-0.25, -0.2) is 8.42 Å². The lowest BCUT2D eigenvalue weighted by atomic mass is 9.99. The van der Waals surface area contributed by atoms with Gasteiger partial charge in [0.2, 0.25) is 15.9 Å². The molecule has 2 heterocycles. The van der Waals surface area contributed by atoms with Crippen LogP contribution >= 0.6 is 27.5 Å². The number of nitrogens with one attached hydrogen (secondary N) is 2. The van der Waals surface area contributed by atoms with Gasteiger partial charge in [-0.3, -0.25) is 9.78 Å². The van der Waals surface area contributed by atoms with Crippen molar-refractivity contribution in [1.82, 2.24) is 14.6 Å².